The van der Waals surface area contributed by atoms with E-state index in [1.54, 1.807) is 0 Å². The molecule has 1 rings (SSSR count). The van der Waals surface area contributed by atoms with Crippen LogP contribution in [0.1, 0.15) is 34.1 Å². The lowest BCUT2D eigenvalue weighted by molar-refractivity contribution is -0.124. The van der Waals surface area contributed by atoms with Crippen molar-refractivity contribution < 1.29 is 4.79 Å². The fourth-order valence-electron chi connectivity index (χ4n) is 2.50. The summed E-state index contributed by atoms with van der Waals surface area (Å²) in [6.45, 7) is 12.5. The number of hydrogen-bond donors (Lipinski definition) is 2. The van der Waals surface area contributed by atoms with E-state index < -0.39 is 5.54 Å². The first-order valence-corrected chi connectivity index (χ1v) is 6.66. The molecule has 0 aromatic carbocycles. The van der Waals surface area contributed by atoms with Crippen molar-refractivity contribution in [2.45, 2.75) is 39.7 Å². The molecule has 3 unspecified atom stereocenters. The Morgan fingerprint density at radius 1 is 1.41 bits per heavy atom. The van der Waals surface area contributed by atoms with E-state index in [0.717, 1.165) is 44.4 Å². The van der Waals surface area contributed by atoms with Crippen LogP contribution < -0.4 is 11.1 Å². The summed E-state index contributed by atoms with van der Waals surface area (Å²) in [7, 11) is 0. The van der Waals surface area contributed by atoms with Crippen molar-refractivity contribution >= 4 is 5.91 Å². The molecule has 1 aliphatic rings. The minimum Gasteiger partial charge on any atom is -0.368 e. The van der Waals surface area contributed by atoms with Crippen LogP contribution in [-0.2, 0) is 4.79 Å². The van der Waals surface area contributed by atoms with E-state index in [0.29, 0.717) is 0 Å². The molecule has 0 saturated carbocycles. The molecule has 1 amide bonds. The lowest BCUT2D eigenvalue weighted by Crippen LogP contribution is -2.54. The second-order valence-corrected chi connectivity index (χ2v) is 5.69. The predicted octanol–water partition coefficient (Wildman–Crippen LogP) is 0.818. The number of primary amides is 1. The monoisotopic (exact) mass is 241 g/mol. The van der Waals surface area contributed by atoms with Gasteiger partial charge in [0.2, 0.25) is 5.91 Å². The Kier molecular flexibility index (Phi) is 4.95. The molecular formula is C13H27N3O. The maximum Gasteiger partial charge on any atom is 0.237 e. The molecule has 4 heteroatoms. The smallest absolute Gasteiger partial charge is 0.237 e. The van der Waals surface area contributed by atoms with Crippen LogP contribution in [0.25, 0.3) is 0 Å². The van der Waals surface area contributed by atoms with E-state index in [-0.39, 0.29) is 5.91 Å². The van der Waals surface area contributed by atoms with E-state index in [9.17, 15) is 4.79 Å². The summed E-state index contributed by atoms with van der Waals surface area (Å²) in [6, 6.07) is 0. The standard InChI is InChI=1S/C13H27N3O/c1-5-15-13(4,12(14)17)6-7-16-8-10(2)11(3)9-16/h10-11,15H,5-9H2,1-4H3,(H2,14,17). The number of likely N-dealkylation sites (tertiary alicyclic amines) is 1. The molecule has 1 fully saturated rings. The summed E-state index contributed by atoms with van der Waals surface area (Å²) in [5.74, 6) is 1.27. The molecule has 0 radical (unpaired) electrons. The van der Waals surface area contributed by atoms with Gasteiger partial charge in [0.15, 0.2) is 0 Å². The zero-order chi connectivity index (χ0) is 13.1. The first kappa shape index (κ1) is 14.5. The van der Waals surface area contributed by atoms with Gasteiger partial charge in [0.25, 0.3) is 0 Å². The Labute approximate surface area is 105 Å². The molecule has 0 bridgehead atoms. The Balaban J connectivity index is 2.45. The Morgan fingerprint density at radius 2 is 1.94 bits per heavy atom. The summed E-state index contributed by atoms with van der Waals surface area (Å²) in [5.41, 5.74) is 4.91. The van der Waals surface area contributed by atoms with Gasteiger partial charge in [-0.1, -0.05) is 20.8 Å². The molecule has 0 aromatic heterocycles. The van der Waals surface area contributed by atoms with E-state index in [1.165, 1.54) is 0 Å². The second kappa shape index (κ2) is 5.83. The molecule has 1 saturated heterocycles. The van der Waals surface area contributed by atoms with E-state index >= 15 is 0 Å². The maximum absolute atomic E-state index is 11.5. The Bertz CT molecular complexity index is 259. The average Bonchev–Trinajstić information content (AvgIpc) is 2.56. The van der Waals surface area contributed by atoms with E-state index in [4.69, 9.17) is 5.73 Å². The molecule has 0 spiro atoms. The normalized spacial score (nSPS) is 29.2. The molecule has 100 valence electrons. The lowest BCUT2D eigenvalue weighted by Gasteiger charge is -2.29. The summed E-state index contributed by atoms with van der Waals surface area (Å²) in [5, 5.41) is 3.20. The van der Waals surface area contributed by atoms with Crippen molar-refractivity contribution in [3.05, 3.63) is 0 Å². The Morgan fingerprint density at radius 3 is 2.35 bits per heavy atom. The van der Waals surface area contributed by atoms with Gasteiger partial charge in [0.05, 0.1) is 5.54 Å². The number of likely N-dealkylation sites (N-methyl/N-ethyl adjacent to an activating group) is 1. The highest BCUT2D eigenvalue weighted by molar-refractivity contribution is 5.84. The van der Waals surface area contributed by atoms with Gasteiger partial charge in [-0.2, -0.15) is 0 Å². The van der Waals surface area contributed by atoms with Crippen LogP contribution in [0.15, 0.2) is 0 Å². The third-order valence-corrected chi connectivity index (χ3v) is 4.10. The lowest BCUT2D eigenvalue weighted by atomic mass is 9.96. The third-order valence-electron chi connectivity index (χ3n) is 4.10. The van der Waals surface area contributed by atoms with Crippen LogP contribution in [0.2, 0.25) is 0 Å². The highest BCUT2D eigenvalue weighted by Gasteiger charge is 2.32. The van der Waals surface area contributed by atoms with Crippen LogP contribution in [-0.4, -0.2) is 42.5 Å². The zero-order valence-corrected chi connectivity index (χ0v) is 11.6. The van der Waals surface area contributed by atoms with Gasteiger partial charge in [-0.05, 0) is 31.7 Å². The van der Waals surface area contributed by atoms with Gasteiger partial charge in [0.1, 0.15) is 0 Å². The molecule has 1 heterocycles. The number of carbonyl (C=O) groups is 1. The number of rotatable bonds is 6. The first-order chi connectivity index (χ1) is 7.89. The number of hydrogen-bond acceptors (Lipinski definition) is 3. The van der Waals surface area contributed by atoms with Gasteiger partial charge < -0.3 is 16.0 Å². The van der Waals surface area contributed by atoms with Crippen molar-refractivity contribution in [1.29, 1.82) is 0 Å². The van der Waals surface area contributed by atoms with Gasteiger partial charge in [-0.3, -0.25) is 4.79 Å². The highest BCUT2D eigenvalue weighted by atomic mass is 16.1. The molecule has 4 nitrogen and oxygen atoms in total. The topological polar surface area (TPSA) is 58.4 Å². The van der Waals surface area contributed by atoms with Crippen LogP contribution in [0.5, 0.6) is 0 Å². The van der Waals surface area contributed by atoms with E-state index in [2.05, 4.69) is 24.1 Å². The largest absolute Gasteiger partial charge is 0.368 e. The summed E-state index contributed by atoms with van der Waals surface area (Å²) >= 11 is 0. The molecular weight excluding hydrogens is 214 g/mol. The molecule has 3 atom stereocenters. The van der Waals surface area contributed by atoms with Crippen LogP contribution in [0.3, 0.4) is 0 Å². The molecule has 3 N–H and O–H groups in total. The quantitative estimate of drug-likeness (QED) is 0.724. The second-order valence-electron chi connectivity index (χ2n) is 5.69. The van der Waals surface area contributed by atoms with Gasteiger partial charge in [0, 0.05) is 19.6 Å². The summed E-state index contributed by atoms with van der Waals surface area (Å²) < 4.78 is 0. The molecule has 1 aliphatic heterocycles. The highest BCUT2D eigenvalue weighted by Crippen LogP contribution is 2.23. The Hall–Kier alpha value is -0.610. The summed E-state index contributed by atoms with van der Waals surface area (Å²) in [6.07, 6.45) is 0.787. The van der Waals surface area contributed by atoms with Crippen LogP contribution in [0.4, 0.5) is 0 Å². The number of carbonyl (C=O) groups excluding carboxylic acids is 1. The van der Waals surface area contributed by atoms with Crippen molar-refractivity contribution in [3.63, 3.8) is 0 Å². The minimum atomic E-state index is -0.566. The zero-order valence-electron chi connectivity index (χ0n) is 11.6. The molecule has 0 aromatic rings. The van der Waals surface area contributed by atoms with Gasteiger partial charge >= 0.3 is 0 Å². The number of amides is 1. The van der Waals surface area contributed by atoms with Crippen molar-refractivity contribution in [2.75, 3.05) is 26.2 Å². The van der Waals surface area contributed by atoms with Crippen LogP contribution in [0, 0.1) is 11.8 Å². The van der Waals surface area contributed by atoms with Gasteiger partial charge in [-0.15, -0.1) is 0 Å². The maximum atomic E-state index is 11.5. The summed E-state index contributed by atoms with van der Waals surface area (Å²) in [4.78, 5) is 13.9. The van der Waals surface area contributed by atoms with Crippen LogP contribution >= 0.6 is 0 Å². The first-order valence-electron chi connectivity index (χ1n) is 6.66. The predicted molar refractivity (Wildman–Crippen MR) is 70.7 cm³/mol. The SMILES string of the molecule is CCNC(C)(CCN1CC(C)C(C)C1)C(N)=O. The molecule has 0 aliphatic carbocycles. The van der Waals surface area contributed by atoms with Gasteiger partial charge in [-0.25, -0.2) is 0 Å². The van der Waals surface area contributed by atoms with Crippen molar-refractivity contribution in [2.24, 2.45) is 17.6 Å². The number of nitrogens with zero attached hydrogens (tertiary/aromatic N) is 1. The minimum absolute atomic E-state index is 0.250. The fraction of sp³-hybridized carbons (Fsp3) is 0.923. The van der Waals surface area contributed by atoms with Crippen molar-refractivity contribution in [1.82, 2.24) is 10.2 Å². The third kappa shape index (κ3) is 3.68. The van der Waals surface area contributed by atoms with E-state index in [1.807, 2.05) is 13.8 Å². The van der Waals surface area contributed by atoms with Crippen molar-refractivity contribution in [3.8, 4) is 0 Å². The molecule has 17 heavy (non-hydrogen) atoms. The number of nitrogens with one attached hydrogen (secondary N) is 1. The number of nitrogens with two attached hydrogens (primary N) is 1. The average molecular weight is 241 g/mol. The fourth-order valence-corrected chi connectivity index (χ4v) is 2.50.